The molecule has 1 amide bonds. The molecule has 2 aromatic rings. The minimum atomic E-state index is -4.39. The van der Waals surface area contributed by atoms with Crippen LogP contribution in [0.25, 0.3) is 0 Å². The number of pyridine rings is 1. The largest absolute Gasteiger partial charge is 0.416 e. The first-order valence-corrected chi connectivity index (χ1v) is 10.8. The molecular weight excluding hydrogens is 405 g/mol. The molecule has 1 aromatic carbocycles. The van der Waals surface area contributed by atoms with Gasteiger partial charge in [0.1, 0.15) is 5.82 Å². The minimum Gasteiger partial charge on any atom is -0.364 e. The van der Waals surface area contributed by atoms with E-state index in [0.29, 0.717) is 31.6 Å². The molecule has 0 saturated carbocycles. The molecule has 3 aliphatic rings. The molecule has 0 radical (unpaired) electrons. The van der Waals surface area contributed by atoms with Gasteiger partial charge in [-0.3, -0.25) is 4.79 Å². The van der Waals surface area contributed by atoms with Gasteiger partial charge in [0.2, 0.25) is 5.91 Å². The average molecular weight is 430 g/mol. The fraction of sp³-hybridized carbons (Fsp3) is 0.478. The fourth-order valence-corrected chi connectivity index (χ4v) is 5.20. The Balaban J connectivity index is 1.50. The van der Waals surface area contributed by atoms with E-state index in [1.165, 1.54) is 6.07 Å². The number of hydrogen-bond acceptors (Lipinski definition) is 4. The lowest BCUT2D eigenvalue weighted by molar-refractivity contribution is -0.137. The number of alkyl halides is 3. The summed E-state index contributed by atoms with van der Waals surface area (Å²) in [5.74, 6) is 0.576. The zero-order valence-corrected chi connectivity index (χ0v) is 17.2. The van der Waals surface area contributed by atoms with E-state index in [1.54, 1.807) is 12.3 Å². The molecule has 0 bridgehead atoms. The maximum atomic E-state index is 13.4. The van der Waals surface area contributed by atoms with Gasteiger partial charge in [0, 0.05) is 44.6 Å². The Labute approximate surface area is 179 Å². The van der Waals surface area contributed by atoms with Crippen molar-refractivity contribution >= 4 is 17.4 Å². The number of halogens is 3. The van der Waals surface area contributed by atoms with Gasteiger partial charge in [0.25, 0.3) is 0 Å². The molecule has 4 heterocycles. The van der Waals surface area contributed by atoms with Gasteiger partial charge >= 0.3 is 6.18 Å². The van der Waals surface area contributed by atoms with E-state index in [4.69, 9.17) is 0 Å². The van der Waals surface area contributed by atoms with E-state index in [2.05, 4.69) is 14.8 Å². The third-order valence-corrected chi connectivity index (χ3v) is 6.75. The molecule has 3 aliphatic heterocycles. The van der Waals surface area contributed by atoms with Crippen molar-refractivity contribution in [2.24, 2.45) is 5.92 Å². The van der Waals surface area contributed by atoms with E-state index < -0.39 is 11.7 Å². The molecule has 2 atom stereocenters. The Bertz CT molecular complexity index is 959. The number of anilines is 2. The van der Waals surface area contributed by atoms with Crippen LogP contribution in [0, 0.1) is 5.92 Å². The first-order chi connectivity index (χ1) is 14.9. The van der Waals surface area contributed by atoms with E-state index >= 15 is 0 Å². The van der Waals surface area contributed by atoms with E-state index in [1.807, 2.05) is 23.1 Å². The Morgan fingerprint density at radius 3 is 2.55 bits per heavy atom. The topological polar surface area (TPSA) is 39.7 Å². The van der Waals surface area contributed by atoms with Crippen molar-refractivity contribution in [1.29, 1.82) is 0 Å². The summed E-state index contributed by atoms with van der Waals surface area (Å²) in [7, 11) is 0. The standard InChI is InChI=1S/C23H25F3N4O/c24-23(25,26)17-6-7-19-16(13-17)14-18(22(31)28-9-3-4-10-28)20-15-29(11-12-30(19)20)21-5-1-2-8-27-21/h1-2,5-8,13,18,20H,3-4,9-12,14-15H2/t18-,20+/m0/s1. The lowest BCUT2D eigenvalue weighted by Gasteiger charge is -2.50. The highest BCUT2D eigenvalue weighted by molar-refractivity contribution is 5.82. The Hall–Kier alpha value is -2.77. The Morgan fingerprint density at radius 2 is 1.84 bits per heavy atom. The van der Waals surface area contributed by atoms with Gasteiger partial charge in [-0.05, 0) is 55.2 Å². The highest BCUT2D eigenvalue weighted by Gasteiger charge is 2.44. The molecule has 5 nitrogen and oxygen atoms in total. The SMILES string of the molecule is O=C([C@H]1Cc2cc(C(F)(F)F)ccc2N2CCN(c3ccccn3)C[C@H]12)N1CCCC1. The van der Waals surface area contributed by atoms with Gasteiger partial charge < -0.3 is 14.7 Å². The minimum absolute atomic E-state index is 0.0680. The van der Waals surface area contributed by atoms with Crippen LogP contribution in [0.15, 0.2) is 42.6 Å². The average Bonchev–Trinajstić information content (AvgIpc) is 3.32. The van der Waals surface area contributed by atoms with Crippen molar-refractivity contribution in [3.05, 3.63) is 53.7 Å². The van der Waals surface area contributed by atoms with Crippen LogP contribution in [0.4, 0.5) is 24.7 Å². The molecule has 164 valence electrons. The molecule has 5 rings (SSSR count). The second-order valence-corrected chi connectivity index (χ2v) is 8.58. The second kappa shape index (κ2) is 7.73. The number of fused-ring (bicyclic) bond motifs is 3. The van der Waals surface area contributed by atoms with Crippen molar-refractivity contribution in [3.63, 3.8) is 0 Å². The number of likely N-dealkylation sites (tertiary alicyclic amines) is 1. The molecule has 0 aliphatic carbocycles. The number of carbonyl (C=O) groups is 1. The number of piperazine rings is 1. The highest BCUT2D eigenvalue weighted by atomic mass is 19.4. The zero-order chi connectivity index (χ0) is 21.6. The third kappa shape index (κ3) is 3.72. The van der Waals surface area contributed by atoms with Crippen molar-refractivity contribution in [3.8, 4) is 0 Å². The summed E-state index contributed by atoms with van der Waals surface area (Å²) in [5, 5.41) is 0. The number of carbonyl (C=O) groups excluding carboxylic acids is 1. The Morgan fingerprint density at radius 1 is 1.03 bits per heavy atom. The van der Waals surface area contributed by atoms with Gasteiger partial charge in [0.05, 0.1) is 17.5 Å². The number of hydrogen-bond donors (Lipinski definition) is 0. The maximum Gasteiger partial charge on any atom is 0.416 e. The molecule has 31 heavy (non-hydrogen) atoms. The van der Waals surface area contributed by atoms with Crippen LogP contribution in [0.2, 0.25) is 0 Å². The zero-order valence-electron chi connectivity index (χ0n) is 17.2. The van der Waals surface area contributed by atoms with Gasteiger partial charge in [-0.15, -0.1) is 0 Å². The van der Waals surface area contributed by atoms with Gasteiger partial charge in [-0.2, -0.15) is 13.2 Å². The summed E-state index contributed by atoms with van der Waals surface area (Å²) in [6, 6.07) is 9.65. The van der Waals surface area contributed by atoms with E-state index in [0.717, 1.165) is 43.5 Å². The van der Waals surface area contributed by atoms with Crippen molar-refractivity contribution < 1.29 is 18.0 Å². The predicted molar refractivity (Wildman–Crippen MR) is 112 cm³/mol. The summed E-state index contributed by atoms with van der Waals surface area (Å²) in [6.07, 6.45) is -0.323. The quantitative estimate of drug-likeness (QED) is 0.730. The number of rotatable bonds is 2. The smallest absolute Gasteiger partial charge is 0.364 e. The van der Waals surface area contributed by atoms with Gasteiger partial charge in [0.15, 0.2) is 0 Å². The van der Waals surface area contributed by atoms with Crippen LogP contribution in [-0.4, -0.2) is 54.6 Å². The molecular formula is C23H25F3N4O. The molecule has 0 spiro atoms. The lowest BCUT2D eigenvalue weighted by atomic mass is 9.82. The number of benzene rings is 1. The molecule has 0 unspecified atom stereocenters. The normalized spacial score (nSPS) is 23.5. The summed E-state index contributed by atoms with van der Waals surface area (Å²) >= 11 is 0. The lowest BCUT2D eigenvalue weighted by Crippen LogP contribution is -2.61. The maximum absolute atomic E-state index is 13.4. The third-order valence-electron chi connectivity index (χ3n) is 6.75. The van der Waals surface area contributed by atoms with Gasteiger partial charge in [-0.25, -0.2) is 4.98 Å². The molecule has 2 fully saturated rings. The summed E-state index contributed by atoms with van der Waals surface area (Å²) in [5.41, 5.74) is 0.795. The Kier molecular flexibility index (Phi) is 5.02. The second-order valence-electron chi connectivity index (χ2n) is 8.58. The van der Waals surface area contributed by atoms with Crippen LogP contribution in [-0.2, 0) is 17.4 Å². The van der Waals surface area contributed by atoms with E-state index in [-0.39, 0.29) is 17.9 Å². The fourth-order valence-electron chi connectivity index (χ4n) is 5.20. The van der Waals surface area contributed by atoms with Crippen LogP contribution < -0.4 is 9.80 Å². The monoisotopic (exact) mass is 430 g/mol. The summed E-state index contributed by atoms with van der Waals surface area (Å²) < 4.78 is 40.0. The predicted octanol–water partition coefficient (Wildman–Crippen LogP) is 3.59. The first-order valence-electron chi connectivity index (χ1n) is 10.8. The summed E-state index contributed by atoms with van der Waals surface area (Å²) in [6.45, 7) is 3.45. The molecule has 0 N–H and O–H groups in total. The summed E-state index contributed by atoms with van der Waals surface area (Å²) in [4.78, 5) is 24.1. The van der Waals surface area contributed by atoms with Crippen LogP contribution in [0.5, 0.6) is 0 Å². The van der Waals surface area contributed by atoms with Gasteiger partial charge in [-0.1, -0.05) is 6.07 Å². The van der Waals surface area contributed by atoms with E-state index in [9.17, 15) is 18.0 Å². The molecule has 1 aromatic heterocycles. The van der Waals surface area contributed by atoms with Crippen molar-refractivity contribution in [1.82, 2.24) is 9.88 Å². The highest BCUT2D eigenvalue weighted by Crippen LogP contribution is 2.40. The molecule has 8 heteroatoms. The van der Waals surface area contributed by atoms with Crippen LogP contribution >= 0.6 is 0 Å². The first kappa shape index (κ1) is 20.2. The van der Waals surface area contributed by atoms with Crippen molar-refractivity contribution in [2.75, 3.05) is 42.5 Å². The number of amides is 1. The van der Waals surface area contributed by atoms with Crippen LogP contribution in [0.1, 0.15) is 24.0 Å². The molecule has 2 saturated heterocycles. The number of nitrogens with zero attached hydrogens (tertiary/aromatic N) is 4. The van der Waals surface area contributed by atoms with Crippen LogP contribution in [0.3, 0.4) is 0 Å². The van der Waals surface area contributed by atoms with Crippen molar-refractivity contribution in [2.45, 2.75) is 31.5 Å². The number of aromatic nitrogens is 1.